The second kappa shape index (κ2) is 3.66. The molecule has 0 spiro atoms. The lowest BCUT2D eigenvalue weighted by atomic mass is 10.0. The van der Waals surface area contributed by atoms with E-state index in [9.17, 15) is 9.59 Å². The molecule has 2 fully saturated rings. The van der Waals surface area contributed by atoms with Crippen molar-refractivity contribution in [2.24, 2.45) is 0 Å². The summed E-state index contributed by atoms with van der Waals surface area (Å²) >= 11 is 0. The number of carbonyl (C=O) groups excluding carboxylic acids is 2. The smallest absolute Gasteiger partial charge is 0.317 e. The highest BCUT2D eigenvalue weighted by atomic mass is 16.7. The summed E-state index contributed by atoms with van der Waals surface area (Å²) in [6.07, 6.45) is 1.98. The highest BCUT2D eigenvalue weighted by Gasteiger charge is 2.48. The van der Waals surface area contributed by atoms with Crippen molar-refractivity contribution >= 4 is 11.8 Å². The van der Waals surface area contributed by atoms with Gasteiger partial charge in [-0.15, -0.1) is 6.58 Å². The Bertz CT molecular complexity index is 316. The van der Waals surface area contributed by atoms with Gasteiger partial charge in [-0.1, -0.05) is 6.08 Å². The molecule has 2 amide bonds. The number of ketones is 1. The first-order valence-electron chi connectivity index (χ1n) is 5.01. The first-order valence-corrected chi connectivity index (χ1v) is 5.01. The number of hydrogen-bond donors (Lipinski definition) is 0. The van der Waals surface area contributed by atoms with Crippen LogP contribution < -0.4 is 0 Å². The predicted octanol–water partition coefficient (Wildman–Crippen LogP) is 0.571. The van der Waals surface area contributed by atoms with Crippen LogP contribution in [-0.2, 0) is 9.63 Å². The molecule has 2 bridgehead atoms. The Hall–Kier alpha value is -1.36. The average molecular weight is 210 g/mol. The number of urea groups is 1. The van der Waals surface area contributed by atoms with Gasteiger partial charge in [-0.05, 0) is 6.92 Å². The summed E-state index contributed by atoms with van der Waals surface area (Å²) in [6.45, 7) is 6.08. The van der Waals surface area contributed by atoms with E-state index in [0.29, 0.717) is 13.0 Å². The van der Waals surface area contributed by atoms with Crippen molar-refractivity contribution < 1.29 is 14.4 Å². The standard InChI is InChI=1S/C10H14N2O3/c1-3-4-15-12-8-6-11(10(12)14)7(2)5-9(8)13/h3,7-8H,1,4-6H2,2H3/t7-,8+/m1/s1. The molecule has 0 aliphatic carbocycles. The molecule has 2 atom stereocenters. The molecule has 2 aliphatic rings. The molecule has 5 heteroatoms. The molecule has 5 nitrogen and oxygen atoms in total. The minimum absolute atomic E-state index is 0.0152. The van der Waals surface area contributed by atoms with Crippen LogP contribution in [0.25, 0.3) is 0 Å². The summed E-state index contributed by atoms with van der Waals surface area (Å²) in [5, 5.41) is 1.19. The van der Waals surface area contributed by atoms with Crippen LogP contribution in [0.15, 0.2) is 12.7 Å². The summed E-state index contributed by atoms with van der Waals surface area (Å²) < 4.78 is 0. The molecule has 2 aliphatic heterocycles. The van der Waals surface area contributed by atoms with Crippen molar-refractivity contribution in [1.29, 1.82) is 0 Å². The lowest BCUT2D eigenvalue weighted by Gasteiger charge is -2.26. The Balaban J connectivity index is 2.16. The molecule has 0 aromatic carbocycles. The van der Waals surface area contributed by atoms with Crippen LogP contribution in [0.5, 0.6) is 0 Å². The van der Waals surface area contributed by atoms with Crippen molar-refractivity contribution in [1.82, 2.24) is 9.96 Å². The molecule has 0 saturated carbocycles. The molecule has 0 unspecified atom stereocenters. The van der Waals surface area contributed by atoms with E-state index in [1.54, 1.807) is 11.0 Å². The SMILES string of the molecule is C=CCON1C(=O)N2C[C@H]1C(=O)C[C@H]2C. The Kier molecular flexibility index (Phi) is 2.48. The molecule has 0 aromatic heterocycles. The third kappa shape index (κ3) is 1.52. The van der Waals surface area contributed by atoms with E-state index >= 15 is 0 Å². The molecule has 15 heavy (non-hydrogen) atoms. The molecule has 82 valence electrons. The minimum Gasteiger partial charge on any atom is -0.317 e. The van der Waals surface area contributed by atoms with E-state index in [1.165, 1.54) is 5.06 Å². The number of piperidine rings is 1. The van der Waals surface area contributed by atoms with E-state index in [4.69, 9.17) is 4.84 Å². The third-order valence-corrected chi connectivity index (χ3v) is 2.82. The number of rotatable bonds is 3. The van der Waals surface area contributed by atoms with E-state index in [1.807, 2.05) is 6.92 Å². The van der Waals surface area contributed by atoms with Crippen molar-refractivity contribution in [3.8, 4) is 0 Å². The fourth-order valence-corrected chi connectivity index (χ4v) is 2.02. The summed E-state index contributed by atoms with van der Waals surface area (Å²) in [7, 11) is 0. The van der Waals surface area contributed by atoms with Crippen LogP contribution >= 0.6 is 0 Å². The zero-order chi connectivity index (χ0) is 11.0. The number of fused-ring (bicyclic) bond motifs is 2. The summed E-state index contributed by atoms with van der Waals surface area (Å²) in [4.78, 5) is 30.3. The lowest BCUT2D eigenvalue weighted by molar-refractivity contribution is -0.146. The molecular formula is C10H14N2O3. The van der Waals surface area contributed by atoms with Gasteiger partial charge in [0.15, 0.2) is 5.78 Å². The van der Waals surface area contributed by atoms with Crippen LogP contribution in [0.1, 0.15) is 13.3 Å². The number of amides is 2. The number of hydroxylamine groups is 2. The summed E-state index contributed by atoms with van der Waals surface area (Å²) in [5.41, 5.74) is 0. The van der Waals surface area contributed by atoms with Gasteiger partial charge in [0.1, 0.15) is 6.04 Å². The van der Waals surface area contributed by atoms with Gasteiger partial charge in [0, 0.05) is 12.5 Å². The Labute approximate surface area is 88.2 Å². The minimum atomic E-state index is -0.423. The van der Waals surface area contributed by atoms with Crippen molar-refractivity contribution in [2.75, 3.05) is 13.2 Å². The number of Topliss-reactive ketones (excluding diaryl/α,β-unsaturated/α-hetero) is 1. The van der Waals surface area contributed by atoms with E-state index in [-0.39, 0.29) is 24.5 Å². The zero-order valence-corrected chi connectivity index (χ0v) is 8.68. The van der Waals surface area contributed by atoms with Crippen molar-refractivity contribution in [3.05, 3.63) is 12.7 Å². The second-order valence-corrected chi connectivity index (χ2v) is 3.88. The molecule has 0 aromatic rings. The van der Waals surface area contributed by atoms with Gasteiger partial charge < -0.3 is 4.90 Å². The van der Waals surface area contributed by atoms with E-state index in [0.717, 1.165) is 0 Å². The fourth-order valence-electron chi connectivity index (χ4n) is 2.02. The molecule has 2 rings (SSSR count). The van der Waals surface area contributed by atoms with Crippen molar-refractivity contribution in [2.45, 2.75) is 25.4 Å². The molecule has 0 N–H and O–H groups in total. The maximum absolute atomic E-state index is 11.8. The van der Waals surface area contributed by atoms with Crippen LogP contribution in [-0.4, -0.2) is 47.0 Å². The summed E-state index contributed by atoms with van der Waals surface area (Å²) in [6, 6.07) is -0.646. The highest BCUT2D eigenvalue weighted by Crippen LogP contribution is 2.27. The molecular weight excluding hydrogens is 196 g/mol. The Morgan fingerprint density at radius 2 is 2.33 bits per heavy atom. The first kappa shape index (κ1) is 10.2. The summed E-state index contributed by atoms with van der Waals surface area (Å²) in [5.74, 6) is 0.0775. The molecule has 2 heterocycles. The van der Waals surface area contributed by atoms with Gasteiger partial charge in [-0.25, -0.2) is 4.79 Å². The Morgan fingerprint density at radius 1 is 1.60 bits per heavy atom. The number of carbonyl (C=O) groups is 2. The van der Waals surface area contributed by atoms with Crippen molar-refractivity contribution in [3.63, 3.8) is 0 Å². The maximum atomic E-state index is 11.8. The lowest BCUT2D eigenvalue weighted by Crippen LogP contribution is -2.43. The molecule has 2 saturated heterocycles. The van der Waals surface area contributed by atoms with Gasteiger partial charge in [-0.3, -0.25) is 9.63 Å². The van der Waals surface area contributed by atoms with Crippen LogP contribution in [0.3, 0.4) is 0 Å². The fraction of sp³-hybridized carbons (Fsp3) is 0.600. The van der Waals surface area contributed by atoms with Gasteiger partial charge in [-0.2, -0.15) is 5.06 Å². The number of nitrogens with zero attached hydrogens (tertiary/aromatic N) is 2. The monoisotopic (exact) mass is 210 g/mol. The zero-order valence-electron chi connectivity index (χ0n) is 8.68. The maximum Gasteiger partial charge on any atom is 0.345 e. The van der Waals surface area contributed by atoms with E-state index < -0.39 is 6.04 Å². The van der Waals surface area contributed by atoms with Crippen LogP contribution in [0, 0.1) is 0 Å². The van der Waals surface area contributed by atoms with Crippen LogP contribution in [0.4, 0.5) is 4.79 Å². The van der Waals surface area contributed by atoms with Gasteiger partial charge in [0.2, 0.25) is 0 Å². The third-order valence-electron chi connectivity index (χ3n) is 2.82. The van der Waals surface area contributed by atoms with Gasteiger partial charge in [0.25, 0.3) is 0 Å². The number of hydrogen-bond acceptors (Lipinski definition) is 3. The van der Waals surface area contributed by atoms with Gasteiger partial charge in [0.05, 0.1) is 13.2 Å². The average Bonchev–Trinajstić information content (AvgIpc) is 2.48. The normalized spacial score (nSPS) is 29.9. The highest BCUT2D eigenvalue weighted by molar-refractivity contribution is 5.94. The topological polar surface area (TPSA) is 49.9 Å². The Morgan fingerprint density at radius 3 is 3.00 bits per heavy atom. The quantitative estimate of drug-likeness (QED) is 0.640. The second-order valence-electron chi connectivity index (χ2n) is 3.88. The molecule has 0 radical (unpaired) electrons. The van der Waals surface area contributed by atoms with E-state index in [2.05, 4.69) is 6.58 Å². The predicted molar refractivity (Wildman–Crippen MR) is 53.0 cm³/mol. The van der Waals surface area contributed by atoms with Gasteiger partial charge >= 0.3 is 6.03 Å². The first-order chi connectivity index (χ1) is 7.15. The largest absolute Gasteiger partial charge is 0.345 e. The van der Waals surface area contributed by atoms with Crippen LogP contribution in [0.2, 0.25) is 0 Å².